The number of amides is 2. The molecular formula is C22H19N3O3. The molecule has 3 rings (SSSR count). The zero-order valence-electron chi connectivity index (χ0n) is 15.2. The van der Waals surface area contributed by atoms with Gasteiger partial charge in [-0.15, -0.1) is 0 Å². The Bertz CT molecular complexity index is 1040. The predicted octanol–water partition coefficient (Wildman–Crippen LogP) is 3.72. The summed E-state index contributed by atoms with van der Waals surface area (Å²) in [6, 6.07) is 20.5. The summed E-state index contributed by atoms with van der Waals surface area (Å²) < 4.78 is 0. The van der Waals surface area contributed by atoms with E-state index in [1.807, 2.05) is 19.1 Å². The van der Waals surface area contributed by atoms with Gasteiger partial charge in [0.25, 0.3) is 11.8 Å². The molecular weight excluding hydrogens is 354 g/mol. The lowest BCUT2D eigenvalue weighted by molar-refractivity contribution is 0.0953. The van der Waals surface area contributed by atoms with Crippen molar-refractivity contribution >= 4 is 23.7 Å². The van der Waals surface area contributed by atoms with Gasteiger partial charge >= 0.3 is 0 Å². The van der Waals surface area contributed by atoms with Crippen LogP contribution in [0.3, 0.4) is 0 Å². The van der Waals surface area contributed by atoms with E-state index in [4.69, 9.17) is 0 Å². The summed E-state index contributed by atoms with van der Waals surface area (Å²) in [5.41, 5.74) is 5.27. The van der Waals surface area contributed by atoms with Crippen molar-refractivity contribution < 1.29 is 14.7 Å². The smallest absolute Gasteiger partial charge is 0.271 e. The summed E-state index contributed by atoms with van der Waals surface area (Å²) in [5, 5.41) is 16.3. The quantitative estimate of drug-likeness (QED) is 0.470. The standard InChI is InChI=1S/C22H19N3O3/c1-15-6-4-8-16(12-15)21(27)24-19-10-5-9-17(13-19)22(28)25-23-14-18-7-2-3-11-20(18)26/h2-14,26H,1H3,(H,24,27)(H,25,28)/b23-14-. The molecule has 3 aromatic rings. The summed E-state index contributed by atoms with van der Waals surface area (Å²) in [6.07, 6.45) is 1.36. The van der Waals surface area contributed by atoms with Gasteiger partial charge in [-0.25, -0.2) is 5.43 Å². The lowest BCUT2D eigenvalue weighted by Gasteiger charge is -2.07. The van der Waals surface area contributed by atoms with Crippen LogP contribution in [0.15, 0.2) is 77.9 Å². The average Bonchev–Trinajstić information content (AvgIpc) is 2.69. The Labute approximate surface area is 162 Å². The van der Waals surface area contributed by atoms with Gasteiger partial charge in [0.2, 0.25) is 0 Å². The van der Waals surface area contributed by atoms with Crippen LogP contribution in [0, 0.1) is 6.92 Å². The molecule has 0 aliphatic heterocycles. The SMILES string of the molecule is Cc1cccc(C(=O)Nc2cccc(C(=O)N/N=C\c3ccccc3O)c2)c1. The molecule has 0 aliphatic rings. The highest BCUT2D eigenvalue weighted by Gasteiger charge is 2.09. The predicted molar refractivity (Wildman–Crippen MR) is 109 cm³/mol. The van der Waals surface area contributed by atoms with Gasteiger partial charge in [-0.05, 0) is 49.4 Å². The zero-order valence-corrected chi connectivity index (χ0v) is 15.2. The number of hydrogen-bond acceptors (Lipinski definition) is 4. The number of aryl methyl sites for hydroxylation is 1. The Balaban J connectivity index is 1.66. The van der Waals surface area contributed by atoms with E-state index in [0.717, 1.165) is 5.56 Å². The molecule has 0 fully saturated rings. The van der Waals surface area contributed by atoms with E-state index < -0.39 is 5.91 Å². The second kappa shape index (κ2) is 8.64. The number of hydrazone groups is 1. The Kier molecular flexibility index (Phi) is 5.81. The minimum atomic E-state index is -0.432. The van der Waals surface area contributed by atoms with Gasteiger partial charge in [-0.3, -0.25) is 9.59 Å². The maximum absolute atomic E-state index is 12.3. The molecule has 6 nitrogen and oxygen atoms in total. The van der Waals surface area contributed by atoms with Crippen LogP contribution in [0.5, 0.6) is 5.75 Å². The highest BCUT2D eigenvalue weighted by Crippen LogP contribution is 2.14. The van der Waals surface area contributed by atoms with Crippen molar-refractivity contribution in [2.24, 2.45) is 5.10 Å². The molecule has 0 heterocycles. The molecule has 3 aromatic carbocycles. The minimum Gasteiger partial charge on any atom is -0.507 e. The van der Waals surface area contributed by atoms with E-state index in [2.05, 4.69) is 15.8 Å². The first-order valence-electron chi connectivity index (χ1n) is 8.62. The van der Waals surface area contributed by atoms with E-state index in [1.54, 1.807) is 54.6 Å². The Morgan fingerprint density at radius 2 is 1.61 bits per heavy atom. The molecule has 0 aromatic heterocycles. The van der Waals surface area contributed by atoms with Crippen LogP contribution in [0.4, 0.5) is 5.69 Å². The van der Waals surface area contributed by atoms with Crippen LogP contribution in [-0.4, -0.2) is 23.1 Å². The summed E-state index contributed by atoms with van der Waals surface area (Å²) in [6.45, 7) is 1.91. The van der Waals surface area contributed by atoms with Gasteiger partial charge in [0.15, 0.2) is 0 Å². The molecule has 0 spiro atoms. The lowest BCUT2D eigenvalue weighted by atomic mass is 10.1. The number of phenolic OH excluding ortho intramolecular Hbond substituents is 1. The monoisotopic (exact) mass is 373 g/mol. The van der Waals surface area contributed by atoms with E-state index in [0.29, 0.717) is 22.4 Å². The molecule has 3 N–H and O–H groups in total. The number of carbonyl (C=O) groups is 2. The average molecular weight is 373 g/mol. The number of benzene rings is 3. The molecule has 0 aliphatic carbocycles. The number of para-hydroxylation sites is 1. The highest BCUT2D eigenvalue weighted by atomic mass is 16.3. The Morgan fingerprint density at radius 3 is 2.36 bits per heavy atom. The lowest BCUT2D eigenvalue weighted by Crippen LogP contribution is -2.18. The Hall–Kier alpha value is -3.93. The van der Waals surface area contributed by atoms with Gasteiger partial charge < -0.3 is 10.4 Å². The first-order valence-corrected chi connectivity index (χ1v) is 8.62. The van der Waals surface area contributed by atoms with Crippen molar-refractivity contribution in [1.29, 1.82) is 0 Å². The van der Waals surface area contributed by atoms with Gasteiger partial charge in [0, 0.05) is 22.4 Å². The molecule has 28 heavy (non-hydrogen) atoms. The minimum absolute atomic E-state index is 0.0707. The van der Waals surface area contributed by atoms with Crippen LogP contribution in [-0.2, 0) is 0 Å². The van der Waals surface area contributed by atoms with Gasteiger partial charge in [-0.1, -0.05) is 35.9 Å². The molecule has 140 valence electrons. The van der Waals surface area contributed by atoms with Crippen molar-refractivity contribution in [3.63, 3.8) is 0 Å². The number of aromatic hydroxyl groups is 1. The van der Waals surface area contributed by atoms with Crippen molar-refractivity contribution in [3.8, 4) is 5.75 Å². The molecule has 6 heteroatoms. The maximum Gasteiger partial charge on any atom is 0.271 e. The largest absolute Gasteiger partial charge is 0.507 e. The summed E-state index contributed by atoms with van der Waals surface area (Å²) in [5.74, 6) is -0.612. The summed E-state index contributed by atoms with van der Waals surface area (Å²) in [7, 11) is 0. The fraction of sp³-hybridized carbons (Fsp3) is 0.0455. The Morgan fingerprint density at radius 1 is 0.893 bits per heavy atom. The number of phenols is 1. The number of nitrogens with zero attached hydrogens (tertiary/aromatic N) is 1. The van der Waals surface area contributed by atoms with Gasteiger partial charge in [0.05, 0.1) is 6.21 Å². The molecule has 0 unspecified atom stereocenters. The van der Waals surface area contributed by atoms with E-state index in [1.165, 1.54) is 12.3 Å². The first kappa shape index (κ1) is 18.8. The first-order chi connectivity index (χ1) is 13.5. The van der Waals surface area contributed by atoms with E-state index >= 15 is 0 Å². The number of hydrogen-bond donors (Lipinski definition) is 3. The second-order valence-corrected chi connectivity index (χ2v) is 6.16. The van der Waals surface area contributed by atoms with Crippen LogP contribution >= 0.6 is 0 Å². The summed E-state index contributed by atoms with van der Waals surface area (Å²) in [4.78, 5) is 24.6. The topological polar surface area (TPSA) is 90.8 Å². The zero-order chi connectivity index (χ0) is 19.9. The van der Waals surface area contributed by atoms with Crippen LogP contribution in [0.2, 0.25) is 0 Å². The summed E-state index contributed by atoms with van der Waals surface area (Å²) >= 11 is 0. The molecule has 0 saturated heterocycles. The van der Waals surface area contributed by atoms with Crippen molar-refractivity contribution in [1.82, 2.24) is 5.43 Å². The highest BCUT2D eigenvalue weighted by molar-refractivity contribution is 6.05. The van der Waals surface area contributed by atoms with Crippen LogP contribution in [0.25, 0.3) is 0 Å². The van der Waals surface area contributed by atoms with E-state index in [-0.39, 0.29) is 11.7 Å². The van der Waals surface area contributed by atoms with Crippen molar-refractivity contribution in [3.05, 3.63) is 95.1 Å². The fourth-order valence-corrected chi connectivity index (χ4v) is 2.55. The second-order valence-electron chi connectivity index (χ2n) is 6.16. The third-order valence-corrected chi connectivity index (χ3v) is 3.97. The third kappa shape index (κ3) is 4.82. The molecule has 0 bridgehead atoms. The van der Waals surface area contributed by atoms with Crippen molar-refractivity contribution in [2.75, 3.05) is 5.32 Å². The van der Waals surface area contributed by atoms with Gasteiger partial charge in [-0.2, -0.15) is 5.10 Å². The third-order valence-electron chi connectivity index (χ3n) is 3.97. The number of carbonyl (C=O) groups excluding carboxylic acids is 2. The van der Waals surface area contributed by atoms with E-state index in [9.17, 15) is 14.7 Å². The molecule has 0 saturated carbocycles. The number of nitrogens with one attached hydrogen (secondary N) is 2. The maximum atomic E-state index is 12.3. The van der Waals surface area contributed by atoms with Crippen LogP contribution < -0.4 is 10.7 Å². The normalized spacial score (nSPS) is 10.6. The van der Waals surface area contributed by atoms with Crippen molar-refractivity contribution in [2.45, 2.75) is 6.92 Å². The van der Waals surface area contributed by atoms with Crippen LogP contribution in [0.1, 0.15) is 31.8 Å². The number of rotatable bonds is 5. The molecule has 2 amide bonds. The fourth-order valence-electron chi connectivity index (χ4n) is 2.55. The number of anilines is 1. The molecule has 0 radical (unpaired) electrons. The molecule has 0 atom stereocenters. The van der Waals surface area contributed by atoms with Gasteiger partial charge in [0.1, 0.15) is 5.75 Å².